The van der Waals surface area contributed by atoms with Gasteiger partial charge in [-0.3, -0.25) is 4.79 Å². The number of amides is 1. The normalized spacial score (nSPS) is 9.27. The number of aromatic hydroxyl groups is 1. The van der Waals surface area contributed by atoms with Crippen molar-refractivity contribution in [2.45, 2.75) is 12.8 Å². The number of nitrogens with zero attached hydrogens (tertiary/aromatic N) is 1. The molecule has 0 fully saturated rings. The molecule has 2 N–H and O–H groups in total. The largest absolute Gasteiger partial charge is 0.508 e. The van der Waals surface area contributed by atoms with Crippen LogP contribution in [0.2, 0.25) is 0 Å². The van der Waals surface area contributed by atoms with Crippen LogP contribution >= 0.6 is 0 Å². The van der Waals surface area contributed by atoms with Crippen LogP contribution in [-0.4, -0.2) is 17.6 Å². The fourth-order valence-electron chi connectivity index (χ4n) is 1.08. The Hall–Kier alpha value is -2.02. The summed E-state index contributed by atoms with van der Waals surface area (Å²) < 4.78 is 0. The van der Waals surface area contributed by atoms with E-state index in [1.165, 1.54) is 12.1 Å². The molecule has 0 aliphatic heterocycles. The third-order valence-electron chi connectivity index (χ3n) is 1.88. The summed E-state index contributed by atoms with van der Waals surface area (Å²) in [5, 5.41) is 20.0. The van der Waals surface area contributed by atoms with E-state index in [0.29, 0.717) is 24.9 Å². The van der Waals surface area contributed by atoms with E-state index in [9.17, 15) is 4.79 Å². The molecule has 1 aromatic carbocycles. The minimum absolute atomic E-state index is 0.135. The minimum atomic E-state index is -0.187. The number of phenols is 1. The van der Waals surface area contributed by atoms with Gasteiger partial charge in [0, 0.05) is 18.5 Å². The summed E-state index contributed by atoms with van der Waals surface area (Å²) in [4.78, 5) is 11.4. The monoisotopic (exact) mass is 204 g/mol. The molecular weight excluding hydrogens is 192 g/mol. The number of phenolic OH excluding ortho intramolecular Hbond substituents is 1. The highest BCUT2D eigenvalue weighted by Gasteiger charge is 2.03. The summed E-state index contributed by atoms with van der Waals surface area (Å²) in [7, 11) is 0. The van der Waals surface area contributed by atoms with Gasteiger partial charge in [0.25, 0.3) is 5.91 Å². The number of carbonyl (C=O) groups is 1. The van der Waals surface area contributed by atoms with Gasteiger partial charge in [-0.15, -0.1) is 0 Å². The first-order valence-corrected chi connectivity index (χ1v) is 4.68. The zero-order valence-corrected chi connectivity index (χ0v) is 8.23. The van der Waals surface area contributed by atoms with Gasteiger partial charge < -0.3 is 10.4 Å². The van der Waals surface area contributed by atoms with Crippen molar-refractivity contribution in [1.29, 1.82) is 5.26 Å². The molecular formula is C11H12N2O2. The molecule has 0 heterocycles. The number of rotatable bonds is 4. The second-order valence-corrected chi connectivity index (χ2v) is 3.06. The quantitative estimate of drug-likeness (QED) is 0.728. The lowest BCUT2D eigenvalue weighted by atomic mass is 10.2. The molecule has 0 unspecified atom stereocenters. The maximum Gasteiger partial charge on any atom is 0.251 e. The van der Waals surface area contributed by atoms with Gasteiger partial charge in [0.05, 0.1) is 6.07 Å². The number of hydrogen-bond donors (Lipinski definition) is 2. The summed E-state index contributed by atoms with van der Waals surface area (Å²) in [5.74, 6) is -0.0519. The maximum absolute atomic E-state index is 11.4. The van der Waals surface area contributed by atoms with Crippen LogP contribution in [0.25, 0.3) is 0 Å². The van der Waals surface area contributed by atoms with E-state index in [2.05, 4.69) is 5.32 Å². The van der Waals surface area contributed by atoms with Crippen molar-refractivity contribution >= 4 is 5.91 Å². The van der Waals surface area contributed by atoms with Crippen molar-refractivity contribution in [3.63, 3.8) is 0 Å². The number of benzene rings is 1. The van der Waals surface area contributed by atoms with Crippen LogP contribution in [0.15, 0.2) is 24.3 Å². The van der Waals surface area contributed by atoms with Gasteiger partial charge in [-0.1, -0.05) is 0 Å². The lowest BCUT2D eigenvalue weighted by Crippen LogP contribution is -2.24. The van der Waals surface area contributed by atoms with Crippen molar-refractivity contribution in [2.24, 2.45) is 0 Å². The van der Waals surface area contributed by atoms with E-state index in [-0.39, 0.29) is 11.7 Å². The number of unbranched alkanes of at least 4 members (excludes halogenated alkanes) is 1. The molecule has 0 saturated carbocycles. The highest BCUT2D eigenvalue weighted by molar-refractivity contribution is 5.94. The second-order valence-electron chi connectivity index (χ2n) is 3.06. The number of hydrogen-bond acceptors (Lipinski definition) is 3. The summed E-state index contributed by atoms with van der Waals surface area (Å²) in [6.45, 7) is 0.493. The summed E-state index contributed by atoms with van der Waals surface area (Å²) in [6, 6.07) is 8.03. The van der Waals surface area contributed by atoms with Crippen molar-refractivity contribution in [3.8, 4) is 11.8 Å². The van der Waals surface area contributed by atoms with E-state index < -0.39 is 0 Å². The Morgan fingerprint density at radius 3 is 2.67 bits per heavy atom. The van der Waals surface area contributed by atoms with E-state index in [0.717, 1.165) is 0 Å². The van der Waals surface area contributed by atoms with Gasteiger partial charge in [-0.05, 0) is 30.7 Å². The Labute approximate surface area is 88.2 Å². The van der Waals surface area contributed by atoms with Gasteiger partial charge in [-0.25, -0.2) is 0 Å². The van der Waals surface area contributed by atoms with E-state index in [4.69, 9.17) is 10.4 Å². The van der Waals surface area contributed by atoms with Crippen LogP contribution in [-0.2, 0) is 0 Å². The lowest BCUT2D eigenvalue weighted by molar-refractivity contribution is 0.0953. The van der Waals surface area contributed by atoms with Gasteiger partial charge in [0.1, 0.15) is 5.75 Å². The standard InChI is InChI=1S/C11H12N2O2/c12-7-1-2-8-13-11(15)9-3-5-10(14)6-4-9/h3-6,14H,1-2,8H2,(H,13,15). The highest BCUT2D eigenvalue weighted by Crippen LogP contribution is 2.09. The summed E-state index contributed by atoms with van der Waals surface area (Å²) in [6.07, 6.45) is 1.09. The molecule has 0 radical (unpaired) electrons. The van der Waals surface area contributed by atoms with Gasteiger partial charge in [-0.2, -0.15) is 5.26 Å². The number of nitriles is 1. The molecule has 0 bridgehead atoms. The van der Waals surface area contributed by atoms with Crippen LogP contribution in [0.3, 0.4) is 0 Å². The Kier molecular flexibility index (Phi) is 4.17. The predicted octanol–water partition coefficient (Wildman–Crippen LogP) is 1.43. The van der Waals surface area contributed by atoms with Gasteiger partial charge in [0.15, 0.2) is 0 Å². The first-order chi connectivity index (χ1) is 7.24. The summed E-state index contributed by atoms with van der Waals surface area (Å²) >= 11 is 0. The molecule has 0 aliphatic carbocycles. The van der Waals surface area contributed by atoms with Crippen LogP contribution in [0.1, 0.15) is 23.2 Å². The second kappa shape index (κ2) is 5.66. The first kappa shape index (κ1) is 11.1. The van der Waals surface area contributed by atoms with E-state index in [1.807, 2.05) is 6.07 Å². The smallest absolute Gasteiger partial charge is 0.251 e. The maximum atomic E-state index is 11.4. The molecule has 1 rings (SSSR count). The Balaban J connectivity index is 2.41. The van der Waals surface area contributed by atoms with Crippen LogP contribution in [0.4, 0.5) is 0 Å². The topological polar surface area (TPSA) is 73.1 Å². The molecule has 78 valence electrons. The molecule has 4 heteroatoms. The lowest BCUT2D eigenvalue weighted by Gasteiger charge is -2.03. The Bertz CT molecular complexity index is 365. The molecule has 0 aromatic heterocycles. The van der Waals surface area contributed by atoms with Crippen molar-refractivity contribution in [3.05, 3.63) is 29.8 Å². The zero-order chi connectivity index (χ0) is 11.1. The summed E-state index contributed by atoms with van der Waals surface area (Å²) in [5.41, 5.74) is 0.504. The molecule has 1 amide bonds. The molecule has 4 nitrogen and oxygen atoms in total. The molecule has 0 aliphatic rings. The molecule has 0 atom stereocenters. The SMILES string of the molecule is N#CCCCNC(=O)c1ccc(O)cc1. The third kappa shape index (κ3) is 3.69. The molecule has 1 aromatic rings. The fourth-order valence-corrected chi connectivity index (χ4v) is 1.08. The van der Waals surface area contributed by atoms with E-state index in [1.54, 1.807) is 12.1 Å². The van der Waals surface area contributed by atoms with Crippen LogP contribution in [0.5, 0.6) is 5.75 Å². The number of nitrogens with one attached hydrogen (secondary N) is 1. The molecule has 0 spiro atoms. The number of carbonyl (C=O) groups excluding carboxylic acids is 1. The zero-order valence-electron chi connectivity index (χ0n) is 8.23. The van der Waals surface area contributed by atoms with Gasteiger partial charge in [0.2, 0.25) is 0 Å². The molecule has 0 saturated heterocycles. The predicted molar refractivity (Wildman–Crippen MR) is 55.3 cm³/mol. The van der Waals surface area contributed by atoms with Crippen molar-refractivity contribution in [2.75, 3.05) is 6.54 Å². The Morgan fingerprint density at radius 2 is 2.07 bits per heavy atom. The average molecular weight is 204 g/mol. The van der Waals surface area contributed by atoms with E-state index >= 15 is 0 Å². The minimum Gasteiger partial charge on any atom is -0.508 e. The highest BCUT2D eigenvalue weighted by atomic mass is 16.3. The first-order valence-electron chi connectivity index (χ1n) is 4.68. The van der Waals surface area contributed by atoms with Crippen LogP contribution in [0, 0.1) is 11.3 Å². The third-order valence-corrected chi connectivity index (χ3v) is 1.88. The average Bonchev–Trinajstić information content (AvgIpc) is 2.25. The molecule has 15 heavy (non-hydrogen) atoms. The van der Waals surface area contributed by atoms with Crippen molar-refractivity contribution < 1.29 is 9.90 Å². The van der Waals surface area contributed by atoms with Crippen molar-refractivity contribution in [1.82, 2.24) is 5.32 Å². The fraction of sp³-hybridized carbons (Fsp3) is 0.273. The van der Waals surface area contributed by atoms with Gasteiger partial charge >= 0.3 is 0 Å². The van der Waals surface area contributed by atoms with Crippen LogP contribution < -0.4 is 5.32 Å². The Morgan fingerprint density at radius 1 is 1.40 bits per heavy atom.